The lowest BCUT2D eigenvalue weighted by Gasteiger charge is -2.34. The van der Waals surface area contributed by atoms with Gasteiger partial charge in [-0.25, -0.2) is 0 Å². The largest absolute Gasteiger partial charge is 0.0955 e. The average Bonchev–Trinajstić information content (AvgIpc) is 3.13. The molecule has 33 heavy (non-hydrogen) atoms. The van der Waals surface area contributed by atoms with E-state index >= 15 is 0 Å². The van der Waals surface area contributed by atoms with E-state index in [1.54, 1.807) is 0 Å². The van der Waals surface area contributed by atoms with Crippen LogP contribution < -0.4 is 0 Å². The van der Waals surface area contributed by atoms with Crippen molar-refractivity contribution in [2.24, 2.45) is 5.92 Å². The molecule has 0 N–H and O–H groups in total. The molecule has 1 fully saturated rings. The van der Waals surface area contributed by atoms with Gasteiger partial charge in [0.15, 0.2) is 0 Å². The summed E-state index contributed by atoms with van der Waals surface area (Å²) in [5.74, 6) is 0.595. The molecule has 2 aliphatic carbocycles. The number of fused-ring (bicyclic) bond motifs is 2. The molecule has 1 saturated carbocycles. The maximum Gasteiger partial charge on any atom is 0.0201 e. The molecule has 164 valence electrons. The molecule has 0 saturated heterocycles. The third-order valence-corrected chi connectivity index (χ3v) is 7.30. The molecule has 2 unspecified atom stereocenters. The SMILES string of the molecule is C=C(CCC)C1=C(C)C=C2C/C(=C\c3cccc4ccccc34)C(=C)C2C1c1ccccc1. The van der Waals surface area contributed by atoms with Crippen molar-refractivity contribution in [3.63, 3.8) is 0 Å². The minimum atomic E-state index is 0.288. The van der Waals surface area contributed by atoms with Crippen LogP contribution in [-0.2, 0) is 0 Å². The van der Waals surface area contributed by atoms with Gasteiger partial charge in [-0.1, -0.05) is 123 Å². The Labute approximate surface area is 198 Å². The van der Waals surface area contributed by atoms with Crippen LogP contribution in [0, 0.1) is 5.92 Å². The quantitative estimate of drug-likeness (QED) is 0.380. The summed E-state index contributed by atoms with van der Waals surface area (Å²) < 4.78 is 0. The topological polar surface area (TPSA) is 0 Å². The molecule has 3 aromatic rings. The van der Waals surface area contributed by atoms with Crippen LogP contribution in [0.3, 0.4) is 0 Å². The Balaban J connectivity index is 1.61. The van der Waals surface area contributed by atoms with Gasteiger partial charge in [-0.3, -0.25) is 0 Å². The van der Waals surface area contributed by atoms with Crippen molar-refractivity contribution < 1.29 is 0 Å². The fourth-order valence-electron chi connectivity index (χ4n) is 5.85. The zero-order valence-corrected chi connectivity index (χ0v) is 19.8. The van der Waals surface area contributed by atoms with Crippen molar-refractivity contribution in [3.05, 3.63) is 137 Å². The molecule has 2 aliphatic rings. The Hall–Kier alpha value is -3.38. The highest BCUT2D eigenvalue weighted by molar-refractivity contribution is 5.91. The monoisotopic (exact) mass is 428 g/mol. The van der Waals surface area contributed by atoms with Crippen molar-refractivity contribution in [1.29, 1.82) is 0 Å². The highest BCUT2D eigenvalue weighted by Gasteiger charge is 2.40. The predicted molar refractivity (Wildman–Crippen MR) is 143 cm³/mol. The summed E-state index contributed by atoms with van der Waals surface area (Å²) in [4.78, 5) is 0. The van der Waals surface area contributed by atoms with Gasteiger partial charge < -0.3 is 0 Å². The van der Waals surface area contributed by atoms with E-state index in [2.05, 4.69) is 112 Å². The summed E-state index contributed by atoms with van der Waals surface area (Å²) >= 11 is 0. The molecule has 0 spiro atoms. The number of rotatable bonds is 5. The lowest BCUT2D eigenvalue weighted by Crippen LogP contribution is -2.21. The van der Waals surface area contributed by atoms with E-state index in [0.29, 0.717) is 5.92 Å². The van der Waals surface area contributed by atoms with Crippen molar-refractivity contribution in [1.82, 2.24) is 0 Å². The minimum absolute atomic E-state index is 0.288. The lowest BCUT2D eigenvalue weighted by atomic mass is 9.69. The van der Waals surface area contributed by atoms with E-state index in [0.717, 1.165) is 19.3 Å². The molecule has 0 radical (unpaired) electrons. The molecule has 0 aromatic heterocycles. The number of benzene rings is 3. The third-order valence-electron chi connectivity index (χ3n) is 7.30. The van der Waals surface area contributed by atoms with Crippen molar-refractivity contribution in [2.45, 2.75) is 39.0 Å². The molecule has 0 aliphatic heterocycles. The minimum Gasteiger partial charge on any atom is -0.0955 e. The van der Waals surface area contributed by atoms with Crippen LogP contribution >= 0.6 is 0 Å². The molecule has 5 rings (SSSR count). The van der Waals surface area contributed by atoms with Crippen molar-refractivity contribution >= 4 is 16.8 Å². The first-order valence-corrected chi connectivity index (χ1v) is 12.1. The van der Waals surface area contributed by atoms with Gasteiger partial charge >= 0.3 is 0 Å². The van der Waals surface area contributed by atoms with Crippen molar-refractivity contribution in [3.8, 4) is 0 Å². The van der Waals surface area contributed by atoms with E-state index in [4.69, 9.17) is 0 Å². The van der Waals surface area contributed by atoms with E-state index in [1.165, 1.54) is 55.3 Å². The molecule has 0 heterocycles. The first-order valence-electron chi connectivity index (χ1n) is 12.1. The second-order valence-electron chi connectivity index (χ2n) is 9.48. The van der Waals surface area contributed by atoms with Gasteiger partial charge in [-0.2, -0.15) is 0 Å². The molecule has 2 atom stereocenters. The molecule has 0 bridgehead atoms. The Morgan fingerprint density at radius 2 is 1.67 bits per heavy atom. The summed E-state index contributed by atoms with van der Waals surface area (Å²) in [6.07, 6.45) is 7.93. The molecule has 0 amide bonds. The Bertz CT molecular complexity index is 1320. The van der Waals surface area contributed by atoms with Gasteiger partial charge in [-0.15, -0.1) is 0 Å². The summed E-state index contributed by atoms with van der Waals surface area (Å²) in [5, 5.41) is 2.58. The summed E-state index contributed by atoms with van der Waals surface area (Å²) in [6, 6.07) is 26.2. The zero-order chi connectivity index (χ0) is 22.9. The standard InChI is InChI=1S/C33H32/c1-5-12-22(2)31-23(3)19-29-21-28(20-27-17-11-16-25-13-9-10-18-30(25)27)24(4)32(29)33(31)26-14-7-6-8-15-26/h6-11,13-20,32-33H,2,4-5,12,21H2,1,3H3/b28-20+. The van der Waals surface area contributed by atoms with E-state index in [-0.39, 0.29) is 5.92 Å². The number of hydrogen-bond acceptors (Lipinski definition) is 0. The Kier molecular flexibility index (Phi) is 5.77. The van der Waals surface area contributed by atoms with Crippen LogP contribution in [0.15, 0.2) is 125 Å². The molecule has 0 nitrogen and oxygen atoms in total. The van der Waals surface area contributed by atoms with Crippen LogP contribution in [0.1, 0.15) is 50.2 Å². The molecule has 3 aromatic carbocycles. The van der Waals surface area contributed by atoms with Gasteiger partial charge in [0.2, 0.25) is 0 Å². The van der Waals surface area contributed by atoms with Gasteiger partial charge in [-0.05, 0) is 64.0 Å². The predicted octanol–water partition coefficient (Wildman–Crippen LogP) is 9.20. The highest BCUT2D eigenvalue weighted by atomic mass is 14.4. The van der Waals surface area contributed by atoms with Gasteiger partial charge in [0.1, 0.15) is 0 Å². The maximum atomic E-state index is 4.68. The second-order valence-corrected chi connectivity index (χ2v) is 9.48. The van der Waals surface area contributed by atoms with Crippen LogP contribution in [0.2, 0.25) is 0 Å². The van der Waals surface area contributed by atoms with E-state index in [1.807, 2.05) is 0 Å². The van der Waals surface area contributed by atoms with Crippen LogP contribution in [0.25, 0.3) is 16.8 Å². The fraction of sp³-hybridized carbons (Fsp3) is 0.212. The van der Waals surface area contributed by atoms with Crippen LogP contribution in [-0.4, -0.2) is 0 Å². The summed E-state index contributed by atoms with van der Waals surface area (Å²) in [5.41, 5.74) is 10.8. The fourth-order valence-corrected chi connectivity index (χ4v) is 5.85. The van der Waals surface area contributed by atoms with E-state index in [9.17, 15) is 0 Å². The maximum absolute atomic E-state index is 4.68. The van der Waals surface area contributed by atoms with Gasteiger partial charge in [0.05, 0.1) is 0 Å². The molecular weight excluding hydrogens is 396 g/mol. The molecular formula is C33H32. The summed E-state index contributed by atoms with van der Waals surface area (Å²) in [7, 11) is 0. The number of hydrogen-bond donors (Lipinski definition) is 0. The highest BCUT2D eigenvalue weighted by Crippen LogP contribution is 2.55. The van der Waals surface area contributed by atoms with Crippen LogP contribution in [0.5, 0.6) is 0 Å². The van der Waals surface area contributed by atoms with Crippen LogP contribution in [0.4, 0.5) is 0 Å². The zero-order valence-electron chi connectivity index (χ0n) is 19.8. The van der Waals surface area contributed by atoms with E-state index < -0.39 is 0 Å². The normalized spacial score (nSPS) is 21.5. The smallest absolute Gasteiger partial charge is 0.0201 e. The summed E-state index contributed by atoms with van der Waals surface area (Å²) in [6.45, 7) is 13.7. The van der Waals surface area contributed by atoms with Gasteiger partial charge in [0.25, 0.3) is 0 Å². The van der Waals surface area contributed by atoms with Crippen molar-refractivity contribution in [2.75, 3.05) is 0 Å². The average molecular weight is 429 g/mol. The van der Waals surface area contributed by atoms with Gasteiger partial charge in [0, 0.05) is 11.8 Å². The first-order chi connectivity index (χ1) is 16.1. The lowest BCUT2D eigenvalue weighted by molar-refractivity contribution is 0.619. The second kappa shape index (κ2) is 8.87. The number of allylic oxidation sites excluding steroid dienone is 7. The third kappa shape index (κ3) is 3.85. The Morgan fingerprint density at radius 1 is 0.939 bits per heavy atom. The molecule has 0 heteroatoms. The Morgan fingerprint density at radius 3 is 2.45 bits per heavy atom. The first kappa shape index (κ1) is 21.5.